The molecule has 1 saturated heterocycles. The number of nitrogens with two attached hydrogens (primary N) is 1. The summed E-state index contributed by atoms with van der Waals surface area (Å²) >= 11 is 0. The molecule has 0 saturated carbocycles. The second-order valence-electron chi connectivity index (χ2n) is 9.40. The zero-order valence-corrected chi connectivity index (χ0v) is 20.9. The van der Waals surface area contributed by atoms with Crippen molar-refractivity contribution in [2.75, 3.05) is 46.3 Å². The van der Waals surface area contributed by atoms with E-state index in [0.717, 1.165) is 35.4 Å². The Balaban J connectivity index is 1.72. The van der Waals surface area contributed by atoms with Crippen LogP contribution in [0.1, 0.15) is 36.5 Å². The number of benzene rings is 2. The number of hydrogen-bond acceptors (Lipinski definition) is 5. The molecule has 1 atom stereocenters. The summed E-state index contributed by atoms with van der Waals surface area (Å²) in [5.41, 5.74) is 11.0. The summed E-state index contributed by atoms with van der Waals surface area (Å²) < 4.78 is 11.1. The number of piperidine rings is 1. The lowest BCUT2D eigenvalue weighted by Gasteiger charge is -2.36. The van der Waals surface area contributed by atoms with Crippen LogP contribution in [-0.4, -0.2) is 69.3 Å². The standard InChI is InChI=1S/C27H36N4O3/c1-18-14-20-15-25(33-4)26(34-5)16-23(20)24(17-31(18)27(28)32)19-6-8-21(9-7-19)30(3)22-10-12-29(2)13-11-22/h6-9,15-18,22H,10-14H2,1-5H3,(H2,28,32). The number of carbonyl (C=O) groups excluding carboxylic acids is 1. The Morgan fingerprint density at radius 2 is 1.68 bits per heavy atom. The van der Waals surface area contributed by atoms with E-state index in [-0.39, 0.29) is 6.04 Å². The summed E-state index contributed by atoms with van der Waals surface area (Å²) in [6.07, 6.45) is 4.87. The summed E-state index contributed by atoms with van der Waals surface area (Å²) in [6.45, 7) is 4.26. The van der Waals surface area contributed by atoms with Crippen LogP contribution in [0.3, 0.4) is 0 Å². The lowest BCUT2D eigenvalue weighted by Crippen LogP contribution is -2.41. The number of anilines is 1. The fourth-order valence-corrected chi connectivity index (χ4v) is 5.07. The Bertz CT molecular complexity index is 1060. The molecule has 2 N–H and O–H groups in total. The topological polar surface area (TPSA) is 71.3 Å². The van der Waals surface area contributed by atoms with Gasteiger partial charge >= 0.3 is 6.03 Å². The number of rotatable bonds is 5. The molecule has 2 aromatic rings. The average molecular weight is 465 g/mol. The third-order valence-electron chi connectivity index (χ3n) is 7.23. The van der Waals surface area contributed by atoms with Gasteiger partial charge in [0, 0.05) is 36.6 Å². The second-order valence-corrected chi connectivity index (χ2v) is 9.40. The minimum Gasteiger partial charge on any atom is -0.493 e. The Labute approximate surface area is 202 Å². The van der Waals surface area contributed by atoms with E-state index in [1.54, 1.807) is 19.1 Å². The summed E-state index contributed by atoms with van der Waals surface area (Å²) in [4.78, 5) is 18.7. The van der Waals surface area contributed by atoms with Gasteiger partial charge in [-0.05, 0) is 87.3 Å². The van der Waals surface area contributed by atoms with Gasteiger partial charge < -0.3 is 25.0 Å². The average Bonchev–Trinajstić information content (AvgIpc) is 2.98. The van der Waals surface area contributed by atoms with Gasteiger partial charge in [0.2, 0.25) is 0 Å². The molecule has 2 aliphatic heterocycles. The normalized spacial score (nSPS) is 19.1. The number of carbonyl (C=O) groups is 1. The molecule has 2 aromatic carbocycles. The van der Waals surface area contributed by atoms with E-state index in [4.69, 9.17) is 15.2 Å². The highest BCUT2D eigenvalue weighted by molar-refractivity contribution is 5.86. The molecule has 1 unspecified atom stereocenters. The van der Waals surface area contributed by atoms with E-state index >= 15 is 0 Å². The summed E-state index contributed by atoms with van der Waals surface area (Å²) in [5, 5.41) is 0. The predicted octanol–water partition coefficient (Wildman–Crippen LogP) is 3.95. The molecule has 0 aliphatic carbocycles. The first-order valence-electron chi connectivity index (χ1n) is 11.9. The van der Waals surface area contributed by atoms with E-state index in [2.05, 4.69) is 48.2 Å². The van der Waals surface area contributed by atoms with Crippen molar-refractivity contribution in [3.8, 4) is 11.5 Å². The van der Waals surface area contributed by atoms with Gasteiger partial charge in [-0.1, -0.05) is 12.1 Å². The van der Waals surface area contributed by atoms with Gasteiger partial charge in [0.15, 0.2) is 11.5 Å². The van der Waals surface area contributed by atoms with Crippen LogP contribution in [0.25, 0.3) is 5.57 Å². The van der Waals surface area contributed by atoms with Crippen molar-refractivity contribution < 1.29 is 14.3 Å². The lowest BCUT2D eigenvalue weighted by molar-refractivity contribution is 0.213. The van der Waals surface area contributed by atoms with E-state index in [1.807, 2.05) is 25.3 Å². The molecule has 0 bridgehead atoms. The minimum atomic E-state index is -0.463. The van der Waals surface area contributed by atoms with Crippen molar-refractivity contribution in [1.82, 2.24) is 9.80 Å². The number of methoxy groups -OCH3 is 2. The van der Waals surface area contributed by atoms with E-state index in [9.17, 15) is 4.79 Å². The summed E-state index contributed by atoms with van der Waals surface area (Å²) in [7, 11) is 7.63. The first-order valence-corrected chi connectivity index (χ1v) is 11.9. The van der Waals surface area contributed by atoms with Gasteiger partial charge in [-0.2, -0.15) is 0 Å². The Hall–Kier alpha value is -3.19. The van der Waals surface area contributed by atoms with Crippen LogP contribution < -0.4 is 20.1 Å². The van der Waals surface area contributed by atoms with E-state index < -0.39 is 6.03 Å². The number of ether oxygens (including phenoxy) is 2. The maximum atomic E-state index is 12.3. The lowest BCUT2D eigenvalue weighted by atomic mass is 9.92. The van der Waals surface area contributed by atoms with Crippen molar-refractivity contribution in [3.05, 3.63) is 59.3 Å². The maximum Gasteiger partial charge on any atom is 0.319 e. The van der Waals surface area contributed by atoms with Crippen LogP contribution in [0.5, 0.6) is 11.5 Å². The van der Waals surface area contributed by atoms with Gasteiger partial charge in [-0.25, -0.2) is 4.79 Å². The fourth-order valence-electron chi connectivity index (χ4n) is 5.07. The molecule has 182 valence electrons. The Morgan fingerprint density at radius 3 is 2.26 bits per heavy atom. The van der Waals surface area contributed by atoms with Gasteiger partial charge in [0.1, 0.15) is 0 Å². The second kappa shape index (κ2) is 9.97. The molecule has 7 nitrogen and oxygen atoms in total. The van der Waals surface area contributed by atoms with Crippen molar-refractivity contribution >= 4 is 17.3 Å². The van der Waals surface area contributed by atoms with Crippen molar-refractivity contribution in [1.29, 1.82) is 0 Å². The van der Waals surface area contributed by atoms with Crippen LogP contribution in [0.4, 0.5) is 10.5 Å². The first-order chi connectivity index (χ1) is 16.3. The Kier molecular flexibility index (Phi) is 7.03. The molecule has 7 heteroatoms. The molecule has 2 heterocycles. The SMILES string of the molecule is COc1cc2c(cc1OC)C(c1ccc(N(C)C3CCN(C)CC3)cc1)=CN(C(N)=O)C(C)C2. The third kappa shape index (κ3) is 4.71. The van der Waals surface area contributed by atoms with Gasteiger partial charge in [0.25, 0.3) is 0 Å². The van der Waals surface area contributed by atoms with Crippen LogP contribution in [0, 0.1) is 0 Å². The monoisotopic (exact) mass is 464 g/mol. The minimum absolute atomic E-state index is 0.0818. The van der Waals surface area contributed by atoms with Crippen LogP contribution in [-0.2, 0) is 6.42 Å². The number of nitrogens with zero attached hydrogens (tertiary/aromatic N) is 3. The number of amides is 2. The maximum absolute atomic E-state index is 12.3. The molecule has 4 rings (SSSR count). The molecule has 0 aromatic heterocycles. The third-order valence-corrected chi connectivity index (χ3v) is 7.23. The highest BCUT2D eigenvalue weighted by atomic mass is 16.5. The molecule has 34 heavy (non-hydrogen) atoms. The van der Waals surface area contributed by atoms with Crippen molar-refractivity contribution in [2.24, 2.45) is 5.73 Å². The van der Waals surface area contributed by atoms with Crippen LogP contribution in [0.15, 0.2) is 42.6 Å². The Morgan fingerprint density at radius 1 is 1.06 bits per heavy atom. The fraction of sp³-hybridized carbons (Fsp3) is 0.444. The number of urea groups is 1. The summed E-state index contributed by atoms with van der Waals surface area (Å²) in [6, 6.07) is 12.6. The summed E-state index contributed by atoms with van der Waals surface area (Å²) in [5.74, 6) is 1.33. The van der Waals surface area contributed by atoms with Crippen molar-refractivity contribution in [2.45, 2.75) is 38.3 Å². The first kappa shape index (κ1) is 24.0. The van der Waals surface area contributed by atoms with Gasteiger partial charge in [-0.3, -0.25) is 4.90 Å². The zero-order valence-electron chi connectivity index (χ0n) is 20.9. The highest BCUT2D eigenvalue weighted by Crippen LogP contribution is 2.39. The number of fused-ring (bicyclic) bond motifs is 1. The largest absolute Gasteiger partial charge is 0.493 e. The molecule has 0 radical (unpaired) electrons. The molecule has 1 fully saturated rings. The smallest absolute Gasteiger partial charge is 0.319 e. The van der Waals surface area contributed by atoms with Crippen molar-refractivity contribution in [3.63, 3.8) is 0 Å². The van der Waals surface area contributed by atoms with Gasteiger partial charge in [0.05, 0.1) is 14.2 Å². The highest BCUT2D eigenvalue weighted by Gasteiger charge is 2.26. The zero-order chi connectivity index (χ0) is 24.4. The number of primary amides is 1. The molecular formula is C27H36N4O3. The van der Waals surface area contributed by atoms with Crippen LogP contribution in [0.2, 0.25) is 0 Å². The molecule has 0 spiro atoms. The number of likely N-dealkylation sites (tertiary alicyclic amines) is 1. The predicted molar refractivity (Wildman–Crippen MR) is 137 cm³/mol. The van der Waals surface area contributed by atoms with E-state index in [1.165, 1.54) is 18.5 Å². The van der Waals surface area contributed by atoms with Gasteiger partial charge in [-0.15, -0.1) is 0 Å². The quantitative estimate of drug-likeness (QED) is 0.726. The molecular weight excluding hydrogens is 428 g/mol. The molecule has 2 aliphatic rings. The van der Waals surface area contributed by atoms with E-state index in [0.29, 0.717) is 24.0 Å². The number of hydrogen-bond donors (Lipinski definition) is 1. The van der Waals surface area contributed by atoms with Crippen LogP contribution >= 0.6 is 0 Å². The molecule has 2 amide bonds.